The van der Waals surface area contributed by atoms with Crippen molar-refractivity contribution in [3.05, 3.63) is 52.6 Å². The molecule has 0 aliphatic carbocycles. The van der Waals surface area contributed by atoms with Crippen molar-refractivity contribution in [2.45, 2.75) is 19.9 Å². The quantitative estimate of drug-likeness (QED) is 0.569. The van der Waals surface area contributed by atoms with Crippen LogP contribution < -0.4 is 5.32 Å². The van der Waals surface area contributed by atoms with Crippen LogP contribution in [0.25, 0.3) is 21.1 Å². The predicted octanol–water partition coefficient (Wildman–Crippen LogP) is 4.64. The molecule has 0 aliphatic heterocycles. The molecule has 2 aromatic heterocycles. The minimum Gasteiger partial charge on any atom is -0.326 e. The molecule has 126 valence electrons. The van der Waals surface area contributed by atoms with Crippen LogP contribution in [-0.2, 0) is 11.3 Å². The molecule has 0 aliphatic rings. The van der Waals surface area contributed by atoms with E-state index in [-0.39, 0.29) is 5.91 Å². The highest BCUT2D eigenvalue weighted by Crippen LogP contribution is 2.25. The Morgan fingerprint density at radius 3 is 3.08 bits per heavy atom. The van der Waals surface area contributed by atoms with Crippen LogP contribution in [0.5, 0.6) is 0 Å². The fourth-order valence-corrected chi connectivity index (χ4v) is 3.88. The first-order valence-corrected chi connectivity index (χ1v) is 9.07. The molecule has 25 heavy (non-hydrogen) atoms. The summed E-state index contributed by atoms with van der Waals surface area (Å²) in [5, 5.41) is 9.85. The van der Waals surface area contributed by atoms with Crippen LogP contribution in [0, 0.1) is 6.92 Å². The molecule has 0 bridgehead atoms. The van der Waals surface area contributed by atoms with Gasteiger partial charge in [0.1, 0.15) is 0 Å². The summed E-state index contributed by atoms with van der Waals surface area (Å²) in [6.45, 7) is 2.47. The van der Waals surface area contributed by atoms with Crippen molar-refractivity contribution in [1.29, 1.82) is 0 Å². The molecule has 0 saturated carbocycles. The molecule has 2 heterocycles. The molecule has 1 N–H and O–H groups in total. The van der Waals surface area contributed by atoms with E-state index in [0.717, 1.165) is 31.8 Å². The molecule has 0 fully saturated rings. The van der Waals surface area contributed by atoms with Crippen molar-refractivity contribution in [2.24, 2.45) is 0 Å². The molecule has 5 nitrogen and oxygen atoms in total. The van der Waals surface area contributed by atoms with Crippen LogP contribution in [0.2, 0.25) is 5.02 Å². The van der Waals surface area contributed by atoms with E-state index < -0.39 is 0 Å². The molecule has 0 saturated heterocycles. The number of nitrogens with zero attached hydrogens (tertiary/aromatic N) is 3. The van der Waals surface area contributed by atoms with Gasteiger partial charge < -0.3 is 5.32 Å². The molecule has 0 atom stereocenters. The van der Waals surface area contributed by atoms with Gasteiger partial charge in [0, 0.05) is 17.5 Å². The summed E-state index contributed by atoms with van der Waals surface area (Å²) in [7, 11) is 0. The summed E-state index contributed by atoms with van der Waals surface area (Å²) >= 11 is 7.77. The Bertz CT molecular complexity index is 1090. The van der Waals surface area contributed by atoms with Gasteiger partial charge >= 0.3 is 0 Å². The number of carbonyl (C=O) groups excluding carboxylic acids is 1. The number of fused-ring (bicyclic) bond motifs is 2. The van der Waals surface area contributed by atoms with Gasteiger partial charge in [-0.15, -0.1) is 11.3 Å². The molecule has 7 heteroatoms. The average Bonchev–Trinajstić information content (AvgIpc) is 3.16. The van der Waals surface area contributed by atoms with Gasteiger partial charge in [-0.25, -0.2) is 4.98 Å². The Morgan fingerprint density at radius 2 is 2.20 bits per heavy atom. The molecule has 4 rings (SSSR count). The van der Waals surface area contributed by atoms with E-state index in [1.54, 1.807) is 22.2 Å². The third-order valence-corrected chi connectivity index (χ3v) is 5.23. The fraction of sp³-hybridized carbons (Fsp3) is 0.167. The second kappa shape index (κ2) is 6.46. The maximum atomic E-state index is 12.3. The monoisotopic (exact) mass is 370 g/mol. The number of benzene rings is 2. The molecule has 0 radical (unpaired) electrons. The first-order chi connectivity index (χ1) is 12.1. The highest BCUT2D eigenvalue weighted by molar-refractivity contribution is 7.18. The van der Waals surface area contributed by atoms with E-state index in [4.69, 9.17) is 11.6 Å². The number of thiazole rings is 1. The lowest BCUT2D eigenvalue weighted by Crippen LogP contribution is -2.14. The van der Waals surface area contributed by atoms with Crippen LogP contribution in [-0.4, -0.2) is 20.7 Å². The number of carbonyl (C=O) groups is 1. The lowest BCUT2D eigenvalue weighted by Gasteiger charge is -2.06. The van der Waals surface area contributed by atoms with Gasteiger partial charge in [-0.3, -0.25) is 9.48 Å². The topological polar surface area (TPSA) is 59.8 Å². The maximum absolute atomic E-state index is 12.3. The number of anilines is 1. The Balaban J connectivity index is 1.45. The van der Waals surface area contributed by atoms with Gasteiger partial charge in [0.2, 0.25) is 5.91 Å². The first kappa shape index (κ1) is 16.1. The molecule has 0 unspecified atom stereocenters. The van der Waals surface area contributed by atoms with E-state index in [1.165, 1.54) is 0 Å². The number of nitrogens with one attached hydrogen (secondary N) is 1. The van der Waals surface area contributed by atoms with E-state index in [9.17, 15) is 4.79 Å². The van der Waals surface area contributed by atoms with E-state index in [1.807, 2.05) is 43.3 Å². The Hall–Kier alpha value is -2.44. The van der Waals surface area contributed by atoms with Crippen LogP contribution in [0.15, 0.2) is 42.6 Å². The summed E-state index contributed by atoms with van der Waals surface area (Å²) < 4.78 is 2.87. The van der Waals surface area contributed by atoms with Crippen LogP contribution in [0.4, 0.5) is 5.69 Å². The Kier molecular flexibility index (Phi) is 4.15. The van der Waals surface area contributed by atoms with E-state index in [2.05, 4.69) is 15.4 Å². The van der Waals surface area contributed by atoms with Gasteiger partial charge in [-0.2, -0.15) is 5.10 Å². The van der Waals surface area contributed by atoms with Gasteiger partial charge in [0.25, 0.3) is 0 Å². The summed E-state index contributed by atoms with van der Waals surface area (Å²) in [5.41, 5.74) is 2.68. The molecular weight excluding hydrogens is 356 g/mol. The van der Waals surface area contributed by atoms with Gasteiger partial charge in [-0.1, -0.05) is 17.7 Å². The van der Waals surface area contributed by atoms with Gasteiger partial charge in [0.05, 0.1) is 38.5 Å². The highest BCUT2D eigenvalue weighted by atomic mass is 35.5. The second-order valence-corrected chi connectivity index (χ2v) is 7.40. The minimum atomic E-state index is -0.0498. The first-order valence-electron chi connectivity index (χ1n) is 7.87. The lowest BCUT2D eigenvalue weighted by molar-refractivity contribution is -0.116. The number of rotatable bonds is 4. The maximum Gasteiger partial charge on any atom is 0.226 e. The van der Waals surface area contributed by atoms with Crippen molar-refractivity contribution >= 4 is 55.7 Å². The average molecular weight is 371 g/mol. The zero-order valence-electron chi connectivity index (χ0n) is 13.5. The lowest BCUT2D eigenvalue weighted by atomic mass is 10.2. The van der Waals surface area contributed by atoms with Gasteiger partial charge in [-0.05, 0) is 37.3 Å². The zero-order valence-corrected chi connectivity index (χ0v) is 15.1. The molecule has 1 amide bonds. The molecule has 4 aromatic rings. The summed E-state index contributed by atoms with van der Waals surface area (Å²) in [6, 6.07) is 11.4. The number of hydrogen-bond acceptors (Lipinski definition) is 4. The zero-order chi connectivity index (χ0) is 17.4. The normalized spacial score (nSPS) is 11.3. The fourth-order valence-electron chi connectivity index (χ4n) is 2.79. The van der Waals surface area contributed by atoms with Crippen molar-refractivity contribution in [3.8, 4) is 0 Å². The number of aromatic nitrogens is 3. The predicted molar refractivity (Wildman–Crippen MR) is 102 cm³/mol. The number of hydrogen-bond donors (Lipinski definition) is 1. The van der Waals surface area contributed by atoms with Crippen LogP contribution in [0.1, 0.15) is 11.4 Å². The van der Waals surface area contributed by atoms with Crippen molar-refractivity contribution in [2.75, 3.05) is 5.32 Å². The van der Waals surface area contributed by atoms with Crippen molar-refractivity contribution in [3.63, 3.8) is 0 Å². The van der Waals surface area contributed by atoms with Gasteiger partial charge in [0.15, 0.2) is 0 Å². The third kappa shape index (κ3) is 3.23. The van der Waals surface area contributed by atoms with E-state index in [0.29, 0.717) is 18.0 Å². The Labute approximate surface area is 153 Å². The number of amides is 1. The SMILES string of the molecule is Cc1nc2ccc(NC(=O)CCn3ncc4c(Cl)cccc43)cc2s1. The molecule has 0 spiro atoms. The van der Waals surface area contributed by atoms with E-state index >= 15 is 0 Å². The number of halogens is 1. The van der Waals surface area contributed by atoms with Crippen LogP contribution in [0.3, 0.4) is 0 Å². The highest BCUT2D eigenvalue weighted by Gasteiger charge is 2.09. The van der Waals surface area contributed by atoms with Crippen molar-refractivity contribution in [1.82, 2.24) is 14.8 Å². The summed E-state index contributed by atoms with van der Waals surface area (Å²) in [6.07, 6.45) is 2.07. The third-order valence-electron chi connectivity index (χ3n) is 3.96. The largest absolute Gasteiger partial charge is 0.326 e. The minimum absolute atomic E-state index is 0.0498. The van der Waals surface area contributed by atoms with Crippen LogP contribution >= 0.6 is 22.9 Å². The smallest absolute Gasteiger partial charge is 0.226 e. The second-order valence-electron chi connectivity index (χ2n) is 5.75. The molecule has 2 aromatic carbocycles. The molecular formula is C18H15ClN4OS. The Morgan fingerprint density at radius 1 is 1.32 bits per heavy atom. The van der Waals surface area contributed by atoms with Crippen molar-refractivity contribution < 1.29 is 4.79 Å². The standard InChI is InChI=1S/C18H15ClN4OS/c1-11-21-15-6-5-12(9-17(15)25-11)22-18(24)7-8-23-16-4-2-3-14(19)13(16)10-20-23/h2-6,9-10H,7-8H2,1H3,(H,22,24). The summed E-state index contributed by atoms with van der Waals surface area (Å²) in [4.78, 5) is 16.7. The number of aryl methyl sites for hydroxylation is 2. The summed E-state index contributed by atoms with van der Waals surface area (Å²) in [5.74, 6) is -0.0498.